The number of carboxylic acid groups (broad SMARTS) is 1. The molecule has 0 aliphatic carbocycles. The Morgan fingerprint density at radius 3 is 2.35 bits per heavy atom. The number of piperidine rings is 1. The Bertz CT molecular complexity index is 1330. The highest BCUT2D eigenvalue weighted by atomic mass is 19.1. The smallest absolute Gasteiger partial charge is 0.335 e. The van der Waals surface area contributed by atoms with E-state index in [1.165, 1.54) is 17.7 Å². The number of rotatable bonds is 5. The summed E-state index contributed by atoms with van der Waals surface area (Å²) in [6, 6.07) is 21.6. The lowest BCUT2D eigenvalue weighted by atomic mass is 9.89. The number of carbonyl (C=O) groups is 1. The van der Waals surface area contributed by atoms with Gasteiger partial charge in [-0.3, -0.25) is 0 Å². The molecular formula is C28H25FN2O3. The molecule has 0 unspecified atom stereocenters. The first-order valence-corrected chi connectivity index (χ1v) is 11.3. The van der Waals surface area contributed by atoms with Crippen LogP contribution in [0.4, 0.5) is 10.2 Å². The molecule has 1 aliphatic rings. The van der Waals surface area contributed by atoms with Gasteiger partial charge in [-0.05, 0) is 78.4 Å². The average molecular weight is 457 g/mol. The van der Waals surface area contributed by atoms with Gasteiger partial charge >= 0.3 is 5.97 Å². The van der Waals surface area contributed by atoms with E-state index in [-0.39, 0.29) is 11.4 Å². The van der Waals surface area contributed by atoms with Gasteiger partial charge < -0.3 is 14.7 Å². The van der Waals surface area contributed by atoms with Crippen LogP contribution in [0.2, 0.25) is 0 Å². The Hall–Kier alpha value is -3.93. The molecule has 0 spiro atoms. The molecule has 3 aromatic carbocycles. The lowest BCUT2D eigenvalue weighted by Crippen LogP contribution is -2.33. The number of hydrogen-bond donors (Lipinski definition) is 1. The van der Waals surface area contributed by atoms with Crippen LogP contribution in [0.15, 0.2) is 72.8 Å². The second kappa shape index (κ2) is 9.14. The fraction of sp³-hybridized carbons (Fsp3) is 0.214. The zero-order chi connectivity index (χ0) is 23.7. The van der Waals surface area contributed by atoms with Gasteiger partial charge in [-0.2, -0.15) is 0 Å². The maximum Gasteiger partial charge on any atom is 0.335 e. The van der Waals surface area contributed by atoms with Crippen LogP contribution < -0.4 is 9.64 Å². The van der Waals surface area contributed by atoms with Crippen molar-refractivity contribution in [1.82, 2.24) is 4.98 Å². The summed E-state index contributed by atoms with van der Waals surface area (Å²) in [4.78, 5) is 18.7. The van der Waals surface area contributed by atoms with E-state index >= 15 is 0 Å². The maximum atomic E-state index is 13.6. The highest BCUT2D eigenvalue weighted by molar-refractivity contribution is 5.96. The monoisotopic (exact) mass is 456 g/mol. The van der Waals surface area contributed by atoms with Crippen molar-refractivity contribution in [2.24, 2.45) is 0 Å². The Labute approximate surface area is 197 Å². The van der Waals surface area contributed by atoms with Crippen LogP contribution in [0.5, 0.6) is 5.75 Å². The Morgan fingerprint density at radius 1 is 1.00 bits per heavy atom. The minimum atomic E-state index is -0.977. The Morgan fingerprint density at radius 2 is 1.71 bits per heavy atom. The van der Waals surface area contributed by atoms with Crippen LogP contribution in [0.3, 0.4) is 0 Å². The molecule has 172 valence electrons. The van der Waals surface area contributed by atoms with Gasteiger partial charge in [-0.25, -0.2) is 14.2 Å². The molecule has 0 amide bonds. The summed E-state index contributed by atoms with van der Waals surface area (Å²) in [5.41, 5.74) is 3.99. The second-order valence-electron chi connectivity index (χ2n) is 8.61. The van der Waals surface area contributed by atoms with Crippen LogP contribution in [-0.2, 0) is 0 Å². The normalized spacial score (nSPS) is 14.4. The predicted octanol–water partition coefficient (Wildman–Crippen LogP) is 6.13. The van der Waals surface area contributed by atoms with E-state index in [4.69, 9.17) is 9.72 Å². The number of aromatic nitrogens is 1. The average Bonchev–Trinajstić information content (AvgIpc) is 2.88. The summed E-state index contributed by atoms with van der Waals surface area (Å²) in [6.07, 6.45) is 1.99. The van der Waals surface area contributed by atoms with Gasteiger partial charge in [0, 0.05) is 24.0 Å². The maximum absolute atomic E-state index is 13.6. The summed E-state index contributed by atoms with van der Waals surface area (Å²) in [6.45, 7) is 1.69. The molecule has 1 aliphatic heterocycles. The molecule has 0 saturated carbocycles. The highest BCUT2D eigenvalue weighted by Gasteiger charge is 2.24. The molecule has 0 bridgehead atoms. The number of aromatic carboxylic acids is 1. The number of hydrogen-bond acceptors (Lipinski definition) is 4. The van der Waals surface area contributed by atoms with Crippen LogP contribution in [0.25, 0.3) is 22.0 Å². The first-order chi connectivity index (χ1) is 16.5. The molecule has 4 aromatic rings. The van der Waals surface area contributed by atoms with E-state index in [1.54, 1.807) is 37.4 Å². The van der Waals surface area contributed by atoms with Crippen molar-refractivity contribution >= 4 is 22.7 Å². The number of benzene rings is 3. The van der Waals surface area contributed by atoms with Crippen molar-refractivity contribution in [2.75, 3.05) is 25.1 Å². The molecule has 2 heterocycles. The van der Waals surface area contributed by atoms with E-state index in [9.17, 15) is 14.3 Å². The lowest BCUT2D eigenvalue weighted by Gasteiger charge is -2.34. The minimum Gasteiger partial charge on any atom is -0.497 e. The van der Waals surface area contributed by atoms with Crippen molar-refractivity contribution in [2.45, 2.75) is 18.8 Å². The lowest BCUT2D eigenvalue weighted by molar-refractivity contribution is 0.0697. The molecule has 1 N–H and O–H groups in total. The molecule has 1 saturated heterocycles. The summed E-state index contributed by atoms with van der Waals surface area (Å²) >= 11 is 0. The van der Waals surface area contributed by atoms with E-state index in [0.29, 0.717) is 5.92 Å². The van der Waals surface area contributed by atoms with Crippen LogP contribution in [0.1, 0.15) is 34.7 Å². The molecule has 34 heavy (non-hydrogen) atoms. The van der Waals surface area contributed by atoms with Gasteiger partial charge in [0.2, 0.25) is 0 Å². The number of methoxy groups -OCH3 is 1. The quantitative estimate of drug-likeness (QED) is 0.391. The molecule has 0 atom stereocenters. The molecular weight excluding hydrogens is 431 g/mol. The van der Waals surface area contributed by atoms with Crippen molar-refractivity contribution in [3.8, 4) is 16.9 Å². The highest BCUT2D eigenvalue weighted by Crippen LogP contribution is 2.37. The van der Waals surface area contributed by atoms with E-state index in [2.05, 4.69) is 17.0 Å². The van der Waals surface area contributed by atoms with Gasteiger partial charge in [-0.1, -0.05) is 24.3 Å². The SMILES string of the molecule is COc1ccc(C2CCN(c3nc4ccc(C(=O)O)cc4cc3-c3ccc(F)cc3)CC2)cc1. The number of carboxylic acids is 1. The van der Waals surface area contributed by atoms with Gasteiger partial charge in [0.05, 0.1) is 18.2 Å². The van der Waals surface area contributed by atoms with Crippen molar-refractivity contribution in [3.05, 3.63) is 89.7 Å². The number of halogens is 1. The molecule has 6 heteroatoms. The first kappa shape index (κ1) is 21.9. The fourth-order valence-electron chi connectivity index (χ4n) is 4.68. The largest absolute Gasteiger partial charge is 0.497 e. The Balaban J connectivity index is 1.49. The van der Waals surface area contributed by atoms with Crippen molar-refractivity contribution < 1.29 is 19.0 Å². The van der Waals surface area contributed by atoms with Gasteiger partial charge in [0.1, 0.15) is 17.4 Å². The number of ether oxygens (including phenoxy) is 1. The van der Waals surface area contributed by atoms with Gasteiger partial charge in [0.25, 0.3) is 0 Å². The molecule has 5 nitrogen and oxygen atoms in total. The van der Waals surface area contributed by atoms with E-state index < -0.39 is 5.97 Å². The number of pyridine rings is 1. The fourth-order valence-corrected chi connectivity index (χ4v) is 4.68. The van der Waals surface area contributed by atoms with Crippen molar-refractivity contribution in [3.63, 3.8) is 0 Å². The number of fused-ring (bicyclic) bond motifs is 1. The number of nitrogens with zero attached hydrogens (tertiary/aromatic N) is 2. The summed E-state index contributed by atoms with van der Waals surface area (Å²) in [5.74, 6) is 0.893. The summed E-state index contributed by atoms with van der Waals surface area (Å²) in [7, 11) is 1.67. The number of anilines is 1. The van der Waals surface area contributed by atoms with E-state index in [1.807, 2.05) is 18.2 Å². The molecule has 1 aromatic heterocycles. The third-order valence-corrected chi connectivity index (χ3v) is 6.58. The third-order valence-electron chi connectivity index (χ3n) is 6.58. The van der Waals surface area contributed by atoms with Gasteiger partial charge in [0.15, 0.2) is 0 Å². The van der Waals surface area contributed by atoms with E-state index in [0.717, 1.165) is 59.5 Å². The molecule has 0 radical (unpaired) electrons. The first-order valence-electron chi connectivity index (χ1n) is 11.3. The predicted molar refractivity (Wildman–Crippen MR) is 131 cm³/mol. The second-order valence-corrected chi connectivity index (χ2v) is 8.61. The van der Waals surface area contributed by atoms with Crippen LogP contribution in [-0.4, -0.2) is 36.3 Å². The van der Waals surface area contributed by atoms with Crippen LogP contribution >= 0.6 is 0 Å². The molecule has 5 rings (SSSR count). The van der Waals surface area contributed by atoms with Crippen molar-refractivity contribution in [1.29, 1.82) is 0 Å². The zero-order valence-electron chi connectivity index (χ0n) is 18.9. The minimum absolute atomic E-state index is 0.215. The van der Waals surface area contributed by atoms with Crippen LogP contribution in [0, 0.1) is 5.82 Å². The topological polar surface area (TPSA) is 62.7 Å². The third kappa shape index (κ3) is 4.31. The zero-order valence-corrected chi connectivity index (χ0v) is 18.9. The Kier molecular flexibility index (Phi) is 5.88. The standard InChI is InChI=1S/C28H25FN2O3/c1-34-24-9-4-18(5-10-24)19-12-14-31(15-13-19)27-25(20-2-7-23(29)8-3-20)17-22-16-21(28(32)33)6-11-26(22)30-27/h2-11,16-17,19H,12-15H2,1H3,(H,32,33). The molecule has 1 fully saturated rings. The summed E-state index contributed by atoms with van der Waals surface area (Å²) in [5, 5.41) is 10.1. The van der Waals surface area contributed by atoms with Gasteiger partial charge in [-0.15, -0.1) is 0 Å². The summed E-state index contributed by atoms with van der Waals surface area (Å²) < 4.78 is 18.9.